The van der Waals surface area contributed by atoms with E-state index in [2.05, 4.69) is 15.6 Å². The molecule has 2 amide bonds. The summed E-state index contributed by atoms with van der Waals surface area (Å²) in [4.78, 5) is 28.2. The number of halogens is 2. The molecule has 2 aromatic rings. The third-order valence-electron chi connectivity index (χ3n) is 2.85. The highest BCUT2D eigenvalue weighted by atomic mass is 35.5. The van der Waals surface area contributed by atoms with Gasteiger partial charge in [0.2, 0.25) is 5.91 Å². The number of benzene rings is 1. The van der Waals surface area contributed by atoms with Gasteiger partial charge in [0.05, 0.1) is 38.9 Å². The van der Waals surface area contributed by atoms with Crippen LogP contribution in [0.4, 0.5) is 5.13 Å². The predicted octanol–water partition coefficient (Wildman–Crippen LogP) is 3.74. The lowest BCUT2D eigenvalue weighted by atomic mass is 10.2. The third kappa shape index (κ3) is 5.61. The van der Waals surface area contributed by atoms with Crippen LogP contribution >= 0.6 is 46.3 Å². The number of anilines is 1. The molecule has 2 N–H and O–H groups in total. The number of nitrogens with one attached hydrogen (secondary N) is 2. The van der Waals surface area contributed by atoms with Gasteiger partial charge in [0.25, 0.3) is 5.91 Å². The number of amides is 2. The van der Waals surface area contributed by atoms with Crippen LogP contribution in [-0.4, -0.2) is 29.1 Å². The molecule has 6 nitrogen and oxygen atoms in total. The fourth-order valence-corrected chi connectivity index (χ4v) is 4.07. The van der Waals surface area contributed by atoms with Crippen molar-refractivity contribution in [1.29, 1.82) is 5.26 Å². The molecule has 2 rings (SSSR count). The quantitative estimate of drug-likeness (QED) is 0.701. The standard InChI is InChI=1S/C15H12Cl2N4O2S2/c1-8-14(24-5-4-18)25-15(20-8)21-12(22)7-19-13(23)10-3-2-9(16)6-11(10)17/h2-3,6H,5,7H2,1H3,(H,19,23)(H,20,21,22). The van der Waals surface area contributed by atoms with Crippen molar-refractivity contribution in [2.75, 3.05) is 17.6 Å². The molecule has 0 atom stereocenters. The molecule has 0 aliphatic rings. The van der Waals surface area contributed by atoms with E-state index in [0.29, 0.717) is 15.9 Å². The average Bonchev–Trinajstić information content (AvgIpc) is 2.90. The summed E-state index contributed by atoms with van der Waals surface area (Å²) < 4.78 is 0.869. The highest BCUT2D eigenvalue weighted by molar-refractivity contribution is 8.01. The molecule has 25 heavy (non-hydrogen) atoms. The lowest BCUT2D eigenvalue weighted by Gasteiger charge is -2.06. The predicted molar refractivity (Wildman–Crippen MR) is 101 cm³/mol. The molecule has 0 unspecified atom stereocenters. The largest absolute Gasteiger partial charge is 0.343 e. The van der Waals surface area contributed by atoms with Gasteiger partial charge >= 0.3 is 0 Å². The lowest BCUT2D eigenvalue weighted by molar-refractivity contribution is -0.115. The molecule has 0 fully saturated rings. The summed E-state index contributed by atoms with van der Waals surface area (Å²) in [5.74, 6) is -0.574. The summed E-state index contributed by atoms with van der Waals surface area (Å²) in [6, 6.07) is 6.52. The number of nitrogens with zero attached hydrogens (tertiary/aromatic N) is 2. The van der Waals surface area contributed by atoms with Crippen LogP contribution in [0.1, 0.15) is 16.1 Å². The zero-order valence-electron chi connectivity index (χ0n) is 12.9. The van der Waals surface area contributed by atoms with Crippen molar-refractivity contribution >= 4 is 63.2 Å². The highest BCUT2D eigenvalue weighted by Gasteiger charge is 2.14. The van der Waals surface area contributed by atoms with Gasteiger partial charge in [-0.1, -0.05) is 46.3 Å². The summed E-state index contributed by atoms with van der Waals surface area (Å²) in [5.41, 5.74) is 0.983. The molecule has 130 valence electrons. The van der Waals surface area contributed by atoms with Gasteiger partial charge in [-0.05, 0) is 25.1 Å². The number of aromatic nitrogens is 1. The first-order valence-corrected chi connectivity index (χ1v) is 9.46. The van der Waals surface area contributed by atoms with E-state index in [4.69, 9.17) is 28.5 Å². The molecule has 0 aliphatic heterocycles. The molecule has 1 aromatic heterocycles. The highest BCUT2D eigenvalue weighted by Crippen LogP contribution is 2.31. The number of thiazole rings is 1. The minimum Gasteiger partial charge on any atom is -0.343 e. The average molecular weight is 415 g/mol. The van der Waals surface area contributed by atoms with Crippen LogP contribution in [0.2, 0.25) is 10.0 Å². The molecule has 1 aromatic carbocycles. The maximum absolute atomic E-state index is 12.0. The van der Waals surface area contributed by atoms with Crippen LogP contribution in [-0.2, 0) is 4.79 Å². The van der Waals surface area contributed by atoms with E-state index >= 15 is 0 Å². The fourth-order valence-electron chi connectivity index (χ4n) is 1.76. The number of carbonyl (C=O) groups excluding carboxylic acids is 2. The first-order chi connectivity index (χ1) is 11.9. The molecule has 0 saturated carbocycles. The number of hydrogen-bond donors (Lipinski definition) is 2. The first-order valence-electron chi connectivity index (χ1n) is 6.91. The molecule has 0 radical (unpaired) electrons. The van der Waals surface area contributed by atoms with Gasteiger partial charge in [0.1, 0.15) is 0 Å². The van der Waals surface area contributed by atoms with Crippen LogP contribution in [0.5, 0.6) is 0 Å². The van der Waals surface area contributed by atoms with E-state index < -0.39 is 11.8 Å². The summed E-state index contributed by atoms with van der Waals surface area (Å²) in [7, 11) is 0. The first kappa shape index (κ1) is 19.5. The van der Waals surface area contributed by atoms with Crippen molar-refractivity contribution in [3.8, 4) is 6.07 Å². The minimum atomic E-state index is -0.475. The maximum atomic E-state index is 12.0. The Hall–Kier alpha value is -1.79. The molecule has 1 heterocycles. The lowest BCUT2D eigenvalue weighted by Crippen LogP contribution is -2.33. The Morgan fingerprint density at radius 3 is 2.84 bits per heavy atom. The van der Waals surface area contributed by atoms with Crippen LogP contribution < -0.4 is 10.6 Å². The van der Waals surface area contributed by atoms with Crippen molar-refractivity contribution in [3.05, 3.63) is 39.5 Å². The fraction of sp³-hybridized carbons (Fsp3) is 0.200. The topological polar surface area (TPSA) is 94.9 Å². The molecule has 0 spiro atoms. The van der Waals surface area contributed by atoms with Gasteiger partial charge in [-0.15, -0.1) is 0 Å². The SMILES string of the molecule is Cc1nc(NC(=O)CNC(=O)c2ccc(Cl)cc2Cl)sc1SCC#N. The molecule has 10 heteroatoms. The van der Waals surface area contributed by atoms with E-state index in [1.165, 1.54) is 35.2 Å². The zero-order valence-corrected chi connectivity index (χ0v) is 16.1. The van der Waals surface area contributed by atoms with Gasteiger partial charge in [-0.3, -0.25) is 9.59 Å². The number of nitriles is 1. The van der Waals surface area contributed by atoms with E-state index in [0.717, 1.165) is 9.90 Å². The Bertz CT molecular complexity index is 849. The summed E-state index contributed by atoms with van der Waals surface area (Å²) in [6.07, 6.45) is 0. The van der Waals surface area contributed by atoms with Crippen molar-refractivity contribution in [3.63, 3.8) is 0 Å². The number of carbonyl (C=O) groups is 2. The number of hydrogen-bond acceptors (Lipinski definition) is 6. The van der Waals surface area contributed by atoms with Crippen molar-refractivity contribution in [2.24, 2.45) is 0 Å². The Labute approximate surface area is 162 Å². The summed E-state index contributed by atoms with van der Waals surface area (Å²) in [5, 5.41) is 14.8. The Morgan fingerprint density at radius 2 is 2.16 bits per heavy atom. The van der Waals surface area contributed by atoms with E-state index in [1.54, 1.807) is 13.0 Å². The maximum Gasteiger partial charge on any atom is 0.253 e. The van der Waals surface area contributed by atoms with Crippen molar-refractivity contribution in [2.45, 2.75) is 11.1 Å². The summed E-state index contributed by atoms with van der Waals surface area (Å²) in [6.45, 7) is 1.58. The second-order valence-electron chi connectivity index (χ2n) is 4.69. The van der Waals surface area contributed by atoms with E-state index in [-0.39, 0.29) is 17.1 Å². The van der Waals surface area contributed by atoms with Gasteiger partial charge < -0.3 is 10.6 Å². The minimum absolute atomic E-state index is 0.208. The molecule has 0 aliphatic carbocycles. The van der Waals surface area contributed by atoms with Crippen LogP contribution in [0, 0.1) is 18.3 Å². The van der Waals surface area contributed by atoms with Crippen molar-refractivity contribution < 1.29 is 9.59 Å². The Morgan fingerprint density at radius 1 is 1.40 bits per heavy atom. The Kier molecular flexibility index (Phi) is 7.08. The van der Waals surface area contributed by atoms with E-state index in [9.17, 15) is 9.59 Å². The van der Waals surface area contributed by atoms with Gasteiger partial charge in [0, 0.05) is 5.02 Å². The molecular formula is C15H12Cl2N4O2S2. The van der Waals surface area contributed by atoms with E-state index in [1.807, 2.05) is 6.07 Å². The summed E-state index contributed by atoms with van der Waals surface area (Å²) >= 11 is 14.4. The van der Waals surface area contributed by atoms with Crippen molar-refractivity contribution in [1.82, 2.24) is 10.3 Å². The second-order valence-corrected chi connectivity index (χ2v) is 7.78. The molecular weight excluding hydrogens is 403 g/mol. The number of thioether (sulfide) groups is 1. The number of aryl methyl sites for hydroxylation is 1. The van der Waals surface area contributed by atoms with Crippen LogP contribution in [0.25, 0.3) is 0 Å². The van der Waals surface area contributed by atoms with Gasteiger partial charge in [-0.25, -0.2) is 4.98 Å². The van der Waals surface area contributed by atoms with Gasteiger partial charge in [-0.2, -0.15) is 5.26 Å². The normalized spacial score (nSPS) is 10.2. The second kappa shape index (κ2) is 9.06. The number of rotatable bonds is 6. The van der Waals surface area contributed by atoms with Gasteiger partial charge in [0.15, 0.2) is 5.13 Å². The zero-order chi connectivity index (χ0) is 18.4. The molecule has 0 saturated heterocycles. The smallest absolute Gasteiger partial charge is 0.253 e. The monoisotopic (exact) mass is 414 g/mol. The van der Waals surface area contributed by atoms with Crippen LogP contribution in [0.15, 0.2) is 22.4 Å². The Balaban J connectivity index is 1.90. The van der Waals surface area contributed by atoms with Crippen LogP contribution in [0.3, 0.4) is 0 Å². The third-order valence-corrected chi connectivity index (χ3v) is 5.70. The molecule has 0 bridgehead atoms.